The summed E-state index contributed by atoms with van der Waals surface area (Å²) in [5.41, 5.74) is 0.744. The van der Waals surface area contributed by atoms with Crippen molar-refractivity contribution < 1.29 is 24.1 Å². The molecule has 1 fully saturated rings. The largest absolute Gasteiger partial charge is 0.481 e. The van der Waals surface area contributed by atoms with E-state index in [0.29, 0.717) is 31.3 Å². The second-order valence-electron chi connectivity index (χ2n) is 4.92. The van der Waals surface area contributed by atoms with Gasteiger partial charge in [0.2, 0.25) is 6.79 Å². The molecule has 3 rings (SSSR count). The Morgan fingerprint density at radius 3 is 2.75 bits per heavy atom. The van der Waals surface area contributed by atoms with Gasteiger partial charge in [0.25, 0.3) is 0 Å². The third-order valence-corrected chi connectivity index (χ3v) is 3.64. The van der Waals surface area contributed by atoms with Crippen molar-refractivity contribution in [3.8, 4) is 11.5 Å². The summed E-state index contributed by atoms with van der Waals surface area (Å²) in [6.07, 6.45) is 0. The quantitative estimate of drug-likeness (QED) is 0.884. The number of hydrogen-bond acceptors (Lipinski definition) is 5. The van der Waals surface area contributed by atoms with Crippen LogP contribution in [0.3, 0.4) is 0 Å². The number of carboxylic acid groups (broad SMARTS) is 1. The molecule has 0 amide bonds. The number of carboxylic acids is 1. The van der Waals surface area contributed by atoms with E-state index in [-0.39, 0.29) is 6.79 Å². The van der Waals surface area contributed by atoms with Crippen LogP contribution in [-0.2, 0) is 9.53 Å². The molecular formula is C14H17NO5. The van der Waals surface area contributed by atoms with Crippen LogP contribution in [0.2, 0.25) is 0 Å². The van der Waals surface area contributed by atoms with Crippen LogP contribution < -0.4 is 9.47 Å². The summed E-state index contributed by atoms with van der Waals surface area (Å²) in [6, 6.07) is 5.33. The number of fused-ring (bicyclic) bond motifs is 1. The smallest absolute Gasteiger partial charge is 0.312 e. The zero-order chi connectivity index (χ0) is 13.9. The van der Waals surface area contributed by atoms with E-state index in [9.17, 15) is 9.90 Å². The van der Waals surface area contributed by atoms with Gasteiger partial charge >= 0.3 is 5.97 Å². The monoisotopic (exact) mass is 279 g/mol. The molecule has 20 heavy (non-hydrogen) atoms. The van der Waals surface area contributed by atoms with E-state index in [0.717, 1.165) is 18.7 Å². The summed E-state index contributed by atoms with van der Waals surface area (Å²) >= 11 is 0. The molecule has 6 heteroatoms. The molecule has 1 unspecified atom stereocenters. The van der Waals surface area contributed by atoms with Gasteiger partial charge in [0.15, 0.2) is 11.5 Å². The van der Waals surface area contributed by atoms with Crippen molar-refractivity contribution in [1.82, 2.24) is 4.90 Å². The Bertz CT molecular complexity index is 498. The fourth-order valence-corrected chi connectivity index (χ4v) is 2.50. The Morgan fingerprint density at radius 1 is 1.25 bits per heavy atom. The summed E-state index contributed by atoms with van der Waals surface area (Å²) in [4.78, 5) is 13.7. The van der Waals surface area contributed by atoms with Crippen molar-refractivity contribution in [2.24, 2.45) is 0 Å². The van der Waals surface area contributed by atoms with Crippen molar-refractivity contribution >= 4 is 5.97 Å². The van der Waals surface area contributed by atoms with Gasteiger partial charge in [-0.1, -0.05) is 6.07 Å². The van der Waals surface area contributed by atoms with Gasteiger partial charge in [0, 0.05) is 19.6 Å². The van der Waals surface area contributed by atoms with Gasteiger partial charge in [-0.2, -0.15) is 0 Å². The summed E-state index contributed by atoms with van der Waals surface area (Å²) in [5.74, 6) is -0.0991. The zero-order valence-corrected chi connectivity index (χ0v) is 11.1. The highest BCUT2D eigenvalue weighted by Crippen LogP contribution is 2.35. The predicted molar refractivity (Wildman–Crippen MR) is 70.2 cm³/mol. The topological polar surface area (TPSA) is 68.2 Å². The maximum atomic E-state index is 11.5. The first-order chi connectivity index (χ1) is 9.74. The average molecular weight is 279 g/mol. The molecular weight excluding hydrogens is 262 g/mol. The van der Waals surface area contributed by atoms with Crippen molar-refractivity contribution in [3.63, 3.8) is 0 Å². The third-order valence-electron chi connectivity index (χ3n) is 3.64. The van der Waals surface area contributed by atoms with Gasteiger partial charge in [-0.25, -0.2) is 0 Å². The fourth-order valence-electron chi connectivity index (χ4n) is 2.50. The van der Waals surface area contributed by atoms with Crippen molar-refractivity contribution in [1.29, 1.82) is 0 Å². The number of nitrogens with zero attached hydrogens (tertiary/aromatic N) is 1. The number of hydrogen-bond donors (Lipinski definition) is 1. The van der Waals surface area contributed by atoms with Crippen LogP contribution >= 0.6 is 0 Å². The van der Waals surface area contributed by atoms with Gasteiger partial charge < -0.3 is 19.3 Å². The molecule has 0 bridgehead atoms. The second-order valence-corrected chi connectivity index (χ2v) is 4.92. The highest BCUT2D eigenvalue weighted by atomic mass is 16.7. The lowest BCUT2D eigenvalue weighted by Crippen LogP contribution is -2.40. The summed E-state index contributed by atoms with van der Waals surface area (Å²) in [7, 11) is 0. The third kappa shape index (κ3) is 2.71. The molecule has 2 aliphatic heterocycles. The molecule has 1 atom stereocenters. The molecule has 1 aromatic carbocycles. The van der Waals surface area contributed by atoms with Gasteiger partial charge in [-0.15, -0.1) is 0 Å². The number of benzene rings is 1. The molecule has 1 aromatic rings. The highest BCUT2D eigenvalue weighted by Gasteiger charge is 2.26. The molecule has 6 nitrogen and oxygen atoms in total. The molecule has 0 spiro atoms. The van der Waals surface area contributed by atoms with Crippen LogP contribution in [0.1, 0.15) is 11.5 Å². The number of morpholine rings is 1. The SMILES string of the molecule is O=C(O)C(CN1CCOCC1)c1ccc2c(c1)OCO2. The number of rotatable bonds is 4. The van der Waals surface area contributed by atoms with Crippen LogP contribution in [0.5, 0.6) is 11.5 Å². The number of carbonyl (C=O) groups is 1. The lowest BCUT2D eigenvalue weighted by molar-refractivity contribution is -0.139. The summed E-state index contributed by atoms with van der Waals surface area (Å²) in [6.45, 7) is 3.54. The maximum absolute atomic E-state index is 11.5. The van der Waals surface area contributed by atoms with Crippen LogP contribution in [0, 0.1) is 0 Å². The molecule has 108 valence electrons. The normalized spacial score (nSPS) is 19.8. The number of ether oxygens (including phenoxy) is 3. The second kappa shape index (κ2) is 5.68. The Labute approximate surface area is 116 Å². The van der Waals surface area contributed by atoms with Crippen LogP contribution in [-0.4, -0.2) is 55.6 Å². The Kier molecular flexibility index (Phi) is 3.75. The lowest BCUT2D eigenvalue weighted by atomic mass is 9.98. The van der Waals surface area contributed by atoms with E-state index in [1.54, 1.807) is 18.2 Å². The van der Waals surface area contributed by atoms with Crippen molar-refractivity contribution in [2.45, 2.75) is 5.92 Å². The van der Waals surface area contributed by atoms with Crippen LogP contribution in [0.15, 0.2) is 18.2 Å². The van der Waals surface area contributed by atoms with E-state index in [4.69, 9.17) is 14.2 Å². The van der Waals surface area contributed by atoms with E-state index in [2.05, 4.69) is 4.90 Å². The fraction of sp³-hybridized carbons (Fsp3) is 0.500. The standard InChI is InChI=1S/C14H17NO5/c16-14(17)11(8-15-3-5-18-6-4-15)10-1-2-12-13(7-10)20-9-19-12/h1-2,7,11H,3-6,8-9H2,(H,16,17). The first kappa shape index (κ1) is 13.2. The van der Waals surface area contributed by atoms with Gasteiger partial charge in [-0.3, -0.25) is 9.69 Å². The van der Waals surface area contributed by atoms with Gasteiger partial charge in [0.05, 0.1) is 19.1 Å². The van der Waals surface area contributed by atoms with Crippen LogP contribution in [0.4, 0.5) is 0 Å². The van der Waals surface area contributed by atoms with Gasteiger partial charge in [0.1, 0.15) is 0 Å². The first-order valence-corrected chi connectivity index (χ1v) is 6.66. The minimum absolute atomic E-state index is 0.194. The Morgan fingerprint density at radius 2 is 2.00 bits per heavy atom. The molecule has 1 saturated heterocycles. The van der Waals surface area contributed by atoms with Crippen molar-refractivity contribution in [2.75, 3.05) is 39.6 Å². The van der Waals surface area contributed by atoms with E-state index < -0.39 is 11.9 Å². The Hall–Kier alpha value is -1.79. The lowest BCUT2D eigenvalue weighted by Gasteiger charge is -2.29. The molecule has 0 saturated carbocycles. The highest BCUT2D eigenvalue weighted by molar-refractivity contribution is 5.76. The minimum atomic E-state index is -0.824. The molecule has 1 N–H and O–H groups in total. The predicted octanol–water partition coefficient (Wildman–Crippen LogP) is 0.916. The zero-order valence-electron chi connectivity index (χ0n) is 11.1. The Balaban J connectivity index is 1.77. The first-order valence-electron chi connectivity index (χ1n) is 6.66. The van der Waals surface area contributed by atoms with Crippen molar-refractivity contribution in [3.05, 3.63) is 23.8 Å². The van der Waals surface area contributed by atoms with Gasteiger partial charge in [-0.05, 0) is 17.7 Å². The van der Waals surface area contributed by atoms with E-state index >= 15 is 0 Å². The number of aliphatic carboxylic acids is 1. The molecule has 0 aromatic heterocycles. The van der Waals surface area contributed by atoms with Crippen LogP contribution in [0.25, 0.3) is 0 Å². The maximum Gasteiger partial charge on any atom is 0.312 e. The van der Waals surface area contributed by atoms with E-state index in [1.165, 1.54) is 0 Å². The summed E-state index contributed by atoms with van der Waals surface area (Å²) in [5, 5.41) is 9.48. The molecule has 0 aliphatic carbocycles. The molecule has 2 aliphatic rings. The minimum Gasteiger partial charge on any atom is -0.481 e. The molecule has 2 heterocycles. The average Bonchev–Trinajstić information content (AvgIpc) is 2.93. The summed E-state index contributed by atoms with van der Waals surface area (Å²) < 4.78 is 15.8. The molecule has 0 radical (unpaired) electrons. The van der Waals surface area contributed by atoms with E-state index in [1.807, 2.05) is 0 Å².